The van der Waals surface area contributed by atoms with Gasteiger partial charge in [-0.25, -0.2) is 9.78 Å². The number of carbonyl (C=O) groups is 1. The number of nitrogens with zero attached hydrogens (tertiary/aromatic N) is 7. The van der Waals surface area contributed by atoms with Crippen LogP contribution in [0.25, 0.3) is 0 Å². The van der Waals surface area contributed by atoms with Gasteiger partial charge in [0, 0.05) is 11.5 Å². The van der Waals surface area contributed by atoms with Crippen molar-refractivity contribution in [2.24, 2.45) is 5.41 Å². The molecule has 0 spiro atoms. The van der Waals surface area contributed by atoms with Crippen LogP contribution in [0.5, 0.6) is 0 Å². The fourth-order valence-corrected chi connectivity index (χ4v) is 1.56. The molecule has 10 heteroatoms. The van der Waals surface area contributed by atoms with E-state index in [-0.39, 0.29) is 11.2 Å². The van der Waals surface area contributed by atoms with Crippen molar-refractivity contribution in [2.75, 3.05) is 0 Å². The van der Waals surface area contributed by atoms with E-state index in [1.807, 2.05) is 20.8 Å². The summed E-state index contributed by atoms with van der Waals surface area (Å²) in [5.74, 6) is -0.401. The van der Waals surface area contributed by atoms with Gasteiger partial charge in [-0.3, -0.25) is 0 Å². The third kappa shape index (κ3) is 2.84. The van der Waals surface area contributed by atoms with Gasteiger partial charge in [-0.15, -0.1) is 0 Å². The van der Waals surface area contributed by atoms with Crippen LogP contribution >= 0.6 is 0 Å². The topological polar surface area (TPSA) is 122 Å². The molecule has 0 atom stereocenters. The first-order valence-corrected chi connectivity index (χ1v) is 5.77. The van der Waals surface area contributed by atoms with Gasteiger partial charge in [-0.05, 0) is 15.3 Å². The minimum Gasteiger partial charge on any atom is -0.390 e. The predicted octanol–water partition coefficient (Wildman–Crippen LogP) is 0.883. The highest BCUT2D eigenvalue weighted by molar-refractivity contribution is 5.77. The van der Waals surface area contributed by atoms with Crippen molar-refractivity contribution in [1.29, 1.82) is 0 Å². The molecular formula is C10H13N7O3. The lowest BCUT2D eigenvalue weighted by Gasteiger charge is -2.14. The first kappa shape index (κ1) is 13.8. The molecule has 0 unspecified atom stereocenters. The van der Waals surface area contributed by atoms with Crippen LogP contribution in [-0.4, -0.2) is 40.5 Å². The number of hydrogen-bond acceptors (Lipinski definition) is 7. The molecule has 0 aliphatic carbocycles. The summed E-state index contributed by atoms with van der Waals surface area (Å²) in [5, 5.41) is 18.1. The van der Waals surface area contributed by atoms with Crippen molar-refractivity contribution in [1.82, 2.24) is 29.5 Å². The lowest BCUT2D eigenvalue weighted by molar-refractivity contribution is -0.394. The molecule has 0 saturated carbocycles. The van der Waals surface area contributed by atoms with E-state index in [2.05, 4.69) is 20.2 Å². The fourth-order valence-electron chi connectivity index (χ4n) is 1.56. The zero-order valence-electron chi connectivity index (χ0n) is 11.2. The van der Waals surface area contributed by atoms with Crippen LogP contribution in [0.2, 0.25) is 0 Å². The Labute approximate surface area is 113 Å². The van der Waals surface area contributed by atoms with Crippen molar-refractivity contribution in [3.05, 3.63) is 28.6 Å². The van der Waals surface area contributed by atoms with E-state index in [1.54, 1.807) is 0 Å². The second-order valence-corrected chi connectivity index (χ2v) is 5.36. The number of carbonyl (C=O) groups excluding carboxylic acids is 1. The second-order valence-electron chi connectivity index (χ2n) is 5.36. The largest absolute Gasteiger partial charge is 0.491 e. The number of rotatable bonds is 2. The van der Waals surface area contributed by atoms with Crippen LogP contribution in [-0.2, 0) is 6.42 Å². The first-order chi connectivity index (χ1) is 9.28. The Morgan fingerprint density at radius 1 is 1.45 bits per heavy atom. The van der Waals surface area contributed by atoms with E-state index >= 15 is 0 Å². The number of aromatic nitrogens is 6. The maximum Gasteiger partial charge on any atom is 0.491 e. The van der Waals surface area contributed by atoms with Crippen LogP contribution in [0, 0.1) is 15.5 Å². The van der Waals surface area contributed by atoms with Crippen LogP contribution in [0.4, 0.5) is 10.7 Å². The lowest BCUT2D eigenvalue weighted by atomic mass is 9.92. The maximum atomic E-state index is 12.1. The summed E-state index contributed by atoms with van der Waals surface area (Å²) in [6, 6.07) is -0.664. The monoisotopic (exact) mass is 279 g/mol. The smallest absolute Gasteiger partial charge is 0.390 e. The van der Waals surface area contributed by atoms with Crippen molar-refractivity contribution in [2.45, 2.75) is 27.2 Å². The molecule has 0 radical (unpaired) electrons. The highest BCUT2D eigenvalue weighted by Crippen LogP contribution is 2.20. The van der Waals surface area contributed by atoms with Gasteiger partial charge in [0.05, 0.1) is 0 Å². The highest BCUT2D eigenvalue weighted by Gasteiger charge is 2.30. The average molecular weight is 279 g/mol. The van der Waals surface area contributed by atoms with Crippen LogP contribution in [0.3, 0.4) is 0 Å². The second kappa shape index (κ2) is 4.79. The molecular weight excluding hydrogens is 266 g/mol. The molecule has 0 amide bonds. The summed E-state index contributed by atoms with van der Waals surface area (Å²) >= 11 is 0. The molecule has 0 saturated heterocycles. The van der Waals surface area contributed by atoms with Gasteiger partial charge < -0.3 is 10.1 Å². The quantitative estimate of drug-likeness (QED) is 0.590. The lowest BCUT2D eigenvalue weighted by Crippen LogP contribution is -2.25. The Bertz CT molecular complexity index is 638. The van der Waals surface area contributed by atoms with Gasteiger partial charge in [0.2, 0.25) is 5.82 Å². The van der Waals surface area contributed by atoms with Gasteiger partial charge in [-0.1, -0.05) is 25.5 Å². The molecule has 0 N–H and O–H groups in total. The molecule has 2 aromatic heterocycles. The summed E-state index contributed by atoms with van der Waals surface area (Å²) in [6.07, 6.45) is 2.73. The molecule has 0 bridgehead atoms. The Hall–Kier alpha value is -2.65. The average Bonchev–Trinajstić information content (AvgIpc) is 2.94. The van der Waals surface area contributed by atoms with Crippen molar-refractivity contribution >= 4 is 12.0 Å². The Morgan fingerprint density at radius 3 is 2.65 bits per heavy atom. The molecule has 2 rings (SSSR count). The van der Waals surface area contributed by atoms with Crippen molar-refractivity contribution in [3.63, 3.8) is 0 Å². The summed E-state index contributed by atoms with van der Waals surface area (Å²) < 4.78 is 1.82. The summed E-state index contributed by atoms with van der Waals surface area (Å²) in [4.78, 5) is 29.6. The first-order valence-electron chi connectivity index (χ1n) is 5.77. The summed E-state index contributed by atoms with van der Waals surface area (Å²) in [7, 11) is 0. The third-order valence-electron chi connectivity index (χ3n) is 2.31. The van der Waals surface area contributed by atoms with Crippen LogP contribution in [0.1, 0.15) is 26.6 Å². The number of nitro groups is 1. The molecule has 0 aromatic carbocycles. The Balaban J connectivity index is 2.45. The van der Waals surface area contributed by atoms with Crippen LogP contribution < -0.4 is 0 Å². The molecule has 0 fully saturated rings. The molecule has 2 aromatic rings. The van der Waals surface area contributed by atoms with Gasteiger partial charge in [0.1, 0.15) is 12.7 Å². The minimum absolute atomic E-state index is 0.207. The molecule has 20 heavy (non-hydrogen) atoms. The SMILES string of the molecule is CC(C)(C)Cc1nc([N+](=O)[O-])nn1C(=O)n1cncn1. The summed E-state index contributed by atoms with van der Waals surface area (Å²) in [5.41, 5.74) is -0.207. The molecule has 2 heterocycles. The number of hydrogen-bond donors (Lipinski definition) is 0. The standard InChI is InChI=1S/C10H13N7O3/c1-10(2,3)4-7-13-8(17(19)20)14-16(7)9(18)15-6-11-5-12-15/h5-6H,4H2,1-3H3. The van der Waals surface area contributed by atoms with Crippen LogP contribution in [0.15, 0.2) is 12.7 Å². The van der Waals surface area contributed by atoms with E-state index < -0.39 is 16.9 Å². The van der Waals surface area contributed by atoms with E-state index in [1.165, 1.54) is 12.7 Å². The van der Waals surface area contributed by atoms with Crippen molar-refractivity contribution < 1.29 is 9.72 Å². The predicted molar refractivity (Wildman–Crippen MR) is 66.0 cm³/mol. The minimum atomic E-state index is -0.739. The van der Waals surface area contributed by atoms with Gasteiger partial charge in [-0.2, -0.15) is 9.78 Å². The molecule has 106 valence electrons. The third-order valence-corrected chi connectivity index (χ3v) is 2.31. The zero-order chi connectivity index (χ0) is 14.9. The van der Waals surface area contributed by atoms with E-state index in [4.69, 9.17) is 0 Å². The summed E-state index contributed by atoms with van der Waals surface area (Å²) in [6.45, 7) is 5.79. The normalized spacial score (nSPS) is 11.6. The van der Waals surface area contributed by atoms with Gasteiger partial charge in [0.15, 0.2) is 0 Å². The van der Waals surface area contributed by atoms with Crippen molar-refractivity contribution in [3.8, 4) is 0 Å². The van der Waals surface area contributed by atoms with E-state index in [0.29, 0.717) is 6.42 Å². The van der Waals surface area contributed by atoms with E-state index in [0.717, 1.165) is 9.36 Å². The van der Waals surface area contributed by atoms with Gasteiger partial charge >= 0.3 is 12.0 Å². The Kier molecular flexibility index (Phi) is 3.30. The van der Waals surface area contributed by atoms with Gasteiger partial charge in [0.25, 0.3) is 0 Å². The molecule has 10 nitrogen and oxygen atoms in total. The highest BCUT2D eigenvalue weighted by atomic mass is 16.6. The van der Waals surface area contributed by atoms with E-state index in [9.17, 15) is 14.9 Å². The fraction of sp³-hybridized carbons (Fsp3) is 0.500. The Morgan fingerprint density at radius 2 is 2.15 bits per heavy atom. The molecule has 0 aliphatic rings. The zero-order valence-corrected chi connectivity index (χ0v) is 11.2. The maximum absolute atomic E-state index is 12.1. The molecule has 0 aliphatic heterocycles.